The van der Waals surface area contributed by atoms with Gasteiger partial charge in [0, 0.05) is 12.1 Å². The molecular weight excluding hydrogens is 350 g/mol. The second kappa shape index (κ2) is 9.98. The summed E-state index contributed by atoms with van der Waals surface area (Å²) in [5.74, 6) is -0.112. The second-order valence-corrected chi connectivity index (χ2v) is 5.46. The van der Waals surface area contributed by atoms with Crippen molar-refractivity contribution in [2.75, 3.05) is 26.9 Å². The molecule has 2 aromatic rings. The van der Waals surface area contributed by atoms with Crippen LogP contribution in [0.1, 0.15) is 15.9 Å². The Morgan fingerprint density at radius 1 is 1.11 bits per heavy atom. The normalized spacial score (nSPS) is 10.6. The van der Waals surface area contributed by atoms with E-state index < -0.39 is 12.6 Å². The Hall–Kier alpha value is -3.32. The first kappa shape index (κ1) is 20.0. The van der Waals surface area contributed by atoms with Crippen LogP contribution in [0.15, 0.2) is 48.5 Å². The molecule has 0 spiro atoms. The Bertz CT molecular complexity index is 831. The molecule has 0 saturated heterocycles. The first-order valence-electron chi connectivity index (χ1n) is 8.21. The number of carboxylic acids is 1. The average molecular weight is 371 g/mol. The van der Waals surface area contributed by atoms with Gasteiger partial charge in [0.2, 0.25) is 0 Å². The zero-order chi connectivity index (χ0) is 19.6. The molecule has 7 nitrogen and oxygen atoms in total. The minimum atomic E-state index is -1.10. The van der Waals surface area contributed by atoms with Gasteiger partial charge in [-0.25, -0.2) is 4.79 Å². The topological polar surface area (TPSA) is 108 Å². The maximum absolute atomic E-state index is 12.4. The number of aliphatic carboxylic acids is 1. The van der Waals surface area contributed by atoms with E-state index in [0.29, 0.717) is 24.5 Å². The number of hydrogen-bond donors (Lipinski definition) is 2. The molecule has 0 atom stereocenters. The Morgan fingerprint density at radius 2 is 1.93 bits per heavy atom. The monoisotopic (exact) mass is 371 g/mol. The SMILES string of the molecule is COc1cc(C(=O)/C=C/c2cccc(OCCN)c2)ccc1OCC(=O)O. The van der Waals surface area contributed by atoms with E-state index in [1.54, 1.807) is 12.1 Å². The van der Waals surface area contributed by atoms with Crippen LogP contribution in [0, 0.1) is 0 Å². The summed E-state index contributed by atoms with van der Waals surface area (Å²) in [4.78, 5) is 23.0. The first-order valence-corrected chi connectivity index (χ1v) is 8.21. The molecule has 0 aromatic heterocycles. The van der Waals surface area contributed by atoms with E-state index in [1.807, 2.05) is 24.3 Å². The van der Waals surface area contributed by atoms with Crippen LogP contribution in [-0.2, 0) is 4.79 Å². The molecule has 0 unspecified atom stereocenters. The molecule has 0 aliphatic heterocycles. The fourth-order valence-corrected chi connectivity index (χ4v) is 2.23. The molecule has 0 amide bonds. The van der Waals surface area contributed by atoms with E-state index >= 15 is 0 Å². The highest BCUT2D eigenvalue weighted by Gasteiger charge is 2.10. The van der Waals surface area contributed by atoms with Gasteiger partial charge in [0.1, 0.15) is 12.4 Å². The van der Waals surface area contributed by atoms with E-state index in [2.05, 4.69) is 0 Å². The van der Waals surface area contributed by atoms with Gasteiger partial charge in [0.05, 0.1) is 7.11 Å². The number of carboxylic acid groups (broad SMARTS) is 1. The van der Waals surface area contributed by atoms with Gasteiger partial charge in [0.25, 0.3) is 0 Å². The summed E-state index contributed by atoms with van der Waals surface area (Å²) in [5.41, 5.74) is 6.61. The van der Waals surface area contributed by atoms with E-state index in [-0.39, 0.29) is 17.3 Å². The van der Waals surface area contributed by atoms with Crippen molar-refractivity contribution in [2.24, 2.45) is 5.73 Å². The molecular formula is C20H21NO6. The average Bonchev–Trinajstić information content (AvgIpc) is 2.69. The van der Waals surface area contributed by atoms with E-state index in [0.717, 1.165) is 5.56 Å². The van der Waals surface area contributed by atoms with E-state index in [4.69, 9.17) is 25.1 Å². The van der Waals surface area contributed by atoms with E-state index in [9.17, 15) is 9.59 Å². The number of carbonyl (C=O) groups excluding carboxylic acids is 1. The minimum absolute atomic E-state index is 0.230. The van der Waals surface area contributed by atoms with Crippen LogP contribution in [0.3, 0.4) is 0 Å². The molecule has 27 heavy (non-hydrogen) atoms. The fourth-order valence-electron chi connectivity index (χ4n) is 2.23. The van der Waals surface area contributed by atoms with Gasteiger partial charge in [0.15, 0.2) is 23.9 Å². The molecule has 0 aliphatic carbocycles. The van der Waals surface area contributed by atoms with Crippen molar-refractivity contribution < 1.29 is 28.9 Å². The van der Waals surface area contributed by atoms with Crippen LogP contribution in [0.2, 0.25) is 0 Å². The molecule has 0 saturated carbocycles. The highest BCUT2D eigenvalue weighted by atomic mass is 16.5. The van der Waals surface area contributed by atoms with Gasteiger partial charge in [-0.2, -0.15) is 0 Å². The summed E-state index contributed by atoms with van der Waals surface area (Å²) in [6, 6.07) is 11.9. The van der Waals surface area contributed by atoms with Crippen LogP contribution >= 0.6 is 0 Å². The highest BCUT2D eigenvalue weighted by molar-refractivity contribution is 6.07. The number of hydrogen-bond acceptors (Lipinski definition) is 6. The van der Waals surface area contributed by atoms with Gasteiger partial charge in [-0.05, 0) is 42.0 Å². The standard InChI is InChI=1S/C20H21NO6/c1-25-19-12-15(6-8-18(19)27-13-20(23)24)17(22)7-5-14-3-2-4-16(11-14)26-10-9-21/h2-8,11-12H,9-10,13,21H2,1H3,(H,23,24)/b7-5+. The molecule has 0 radical (unpaired) electrons. The quantitative estimate of drug-likeness (QED) is 0.488. The fraction of sp³-hybridized carbons (Fsp3) is 0.200. The zero-order valence-corrected chi connectivity index (χ0v) is 14.9. The number of carbonyl (C=O) groups is 2. The smallest absolute Gasteiger partial charge is 0.341 e. The molecule has 3 N–H and O–H groups in total. The summed E-state index contributed by atoms with van der Waals surface area (Å²) in [5, 5.41) is 8.68. The third-order valence-corrected chi connectivity index (χ3v) is 3.47. The molecule has 2 rings (SSSR count). The molecule has 0 bridgehead atoms. The Balaban J connectivity index is 2.11. The Labute approximate surface area is 157 Å². The van der Waals surface area contributed by atoms with Crippen molar-refractivity contribution in [3.05, 3.63) is 59.7 Å². The maximum atomic E-state index is 12.4. The van der Waals surface area contributed by atoms with Gasteiger partial charge >= 0.3 is 5.97 Å². The third-order valence-electron chi connectivity index (χ3n) is 3.47. The number of ketones is 1. The van der Waals surface area contributed by atoms with Crippen LogP contribution in [0.5, 0.6) is 17.2 Å². The summed E-state index contributed by atoms with van der Waals surface area (Å²) in [7, 11) is 1.42. The summed E-state index contributed by atoms with van der Waals surface area (Å²) in [6.07, 6.45) is 3.12. The molecule has 0 fully saturated rings. The van der Waals surface area contributed by atoms with Crippen LogP contribution in [-0.4, -0.2) is 43.7 Å². The number of methoxy groups -OCH3 is 1. The molecule has 7 heteroatoms. The Morgan fingerprint density at radius 3 is 2.63 bits per heavy atom. The number of rotatable bonds is 10. The summed E-state index contributed by atoms with van der Waals surface area (Å²) < 4.78 is 15.7. The van der Waals surface area contributed by atoms with Gasteiger partial charge in [-0.3, -0.25) is 4.79 Å². The lowest BCUT2D eigenvalue weighted by Gasteiger charge is -2.10. The lowest BCUT2D eigenvalue weighted by atomic mass is 10.1. The minimum Gasteiger partial charge on any atom is -0.493 e. The molecule has 0 aliphatic rings. The van der Waals surface area contributed by atoms with Gasteiger partial charge in [-0.15, -0.1) is 0 Å². The maximum Gasteiger partial charge on any atom is 0.341 e. The predicted octanol–water partition coefficient (Wildman–Crippen LogP) is 2.39. The van der Waals surface area contributed by atoms with Gasteiger partial charge in [-0.1, -0.05) is 18.2 Å². The van der Waals surface area contributed by atoms with Crippen LogP contribution in [0.4, 0.5) is 0 Å². The molecule has 0 heterocycles. The Kier molecular flexibility index (Phi) is 7.39. The van der Waals surface area contributed by atoms with Crippen molar-refractivity contribution in [3.8, 4) is 17.2 Å². The van der Waals surface area contributed by atoms with Crippen LogP contribution < -0.4 is 19.9 Å². The third kappa shape index (κ3) is 6.16. The molecule has 2 aromatic carbocycles. The number of allylic oxidation sites excluding steroid dienone is 1. The van der Waals surface area contributed by atoms with E-state index in [1.165, 1.54) is 25.3 Å². The highest BCUT2D eigenvalue weighted by Crippen LogP contribution is 2.28. The van der Waals surface area contributed by atoms with Crippen molar-refractivity contribution in [1.29, 1.82) is 0 Å². The van der Waals surface area contributed by atoms with Crippen molar-refractivity contribution in [1.82, 2.24) is 0 Å². The molecule has 142 valence electrons. The first-order chi connectivity index (χ1) is 13.0. The number of ether oxygens (including phenoxy) is 3. The largest absolute Gasteiger partial charge is 0.493 e. The summed E-state index contributed by atoms with van der Waals surface area (Å²) >= 11 is 0. The lowest BCUT2D eigenvalue weighted by Crippen LogP contribution is -2.10. The lowest BCUT2D eigenvalue weighted by molar-refractivity contribution is -0.139. The zero-order valence-electron chi connectivity index (χ0n) is 14.9. The van der Waals surface area contributed by atoms with Crippen molar-refractivity contribution in [3.63, 3.8) is 0 Å². The number of nitrogens with two attached hydrogens (primary N) is 1. The second-order valence-electron chi connectivity index (χ2n) is 5.46. The van der Waals surface area contributed by atoms with Crippen molar-refractivity contribution >= 4 is 17.8 Å². The van der Waals surface area contributed by atoms with Crippen LogP contribution in [0.25, 0.3) is 6.08 Å². The number of benzene rings is 2. The van der Waals surface area contributed by atoms with Crippen molar-refractivity contribution in [2.45, 2.75) is 0 Å². The summed E-state index contributed by atoms with van der Waals surface area (Å²) in [6.45, 7) is 0.348. The van der Waals surface area contributed by atoms with Gasteiger partial charge < -0.3 is 25.1 Å². The predicted molar refractivity (Wildman–Crippen MR) is 100 cm³/mol.